The van der Waals surface area contributed by atoms with Crippen molar-refractivity contribution >= 4 is 28.9 Å². The molecular formula is C11H13Cl2NO2. The Bertz CT molecular complexity index is 394. The summed E-state index contributed by atoms with van der Waals surface area (Å²) in [5.74, 6) is 1.20. The first-order chi connectivity index (χ1) is 7.58. The van der Waals surface area contributed by atoms with Crippen LogP contribution in [0.2, 0.25) is 5.02 Å². The quantitative estimate of drug-likeness (QED) is 0.880. The molecule has 0 heterocycles. The van der Waals surface area contributed by atoms with E-state index in [2.05, 4.69) is 11.9 Å². The lowest BCUT2D eigenvalue weighted by Crippen LogP contribution is -2.03. The fraction of sp³-hybridized carbons (Fsp3) is 0.273. The fourth-order valence-electron chi connectivity index (χ4n) is 1.19. The number of ether oxygens (including phenoxy) is 2. The summed E-state index contributed by atoms with van der Waals surface area (Å²) in [7, 11) is 3.12. The van der Waals surface area contributed by atoms with Gasteiger partial charge in [0.25, 0.3) is 0 Å². The van der Waals surface area contributed by atoms with Crippen molar-refractivity contribution in [3.63, 3.8) is 0 Å². The van der Waals surface area contributed by atoms with Crippen LogP contribution in [-0.2, 0) is 0 Å². The minimum atomic E-state index is 0.447. The van der Waals surface area contributed by atoms with E-state index in [1.807, 2.05) is 0 Å². The molecule has 0 aromatic heterocycles. The molecule has 0 amide bonds. The Balaban J connectivity index is 2.99. The van der Waals surface area contributed by atoms with Crippen LogP contribution in [0.4, 0.5) is 5.69 Å². The third kappa shape index (κ3) is 3.22. The maximum atomic E-state index is 5.97. The van der Waals surface area contributed by atoms with Crippen molar-refractivity contribution in [2.45, 2.75) is 0 Å². The first-order valence-corrected chi connectivity index (χ1v) is 5.32. The second-order valence-corrected chi connectivity index (χ2v) is 4.00. The van der Waals surface area contributed by atoms with Gasteiger partial charge in [0.1, 0.15) is 11.5 Å². The third-order valence-electron chi connectivity index (χ3n) is 1.94. The highest BCUT2D eigenvalue weighted by molar-refractivity contribution is 6.32. The van der Waals surface area contributed by atoms with Crippen LogP contribution in [-0.4, -0.2) is 20.8 Å². The van der Waals surface area contributed by atoms with Crippen LogP contribution >= 0.6 is 23.2 Å². The Hall–Kier alpha value is -1.06. The highest BCUT2D eigenvalue weighted by Gasteiger charge is 2.09. The minimum absolute atomic E-state index is 0.447. The van der Waals surface area contributed by atoms with Gasteiger partial charge in [-0.15, -0.1) is 0 Å². The van der Waals surface area contributed by atoms with Gasteiger partial charge in [0.05, 0.1) is 31.5 Å². The van der Waals surface area contributed by atoms with E-state index in [4.69, 9.17) is 32.7 Å². The van der Waals surface area contributed by atoms with Gasteiger partial charge in [-0.3, -0.25) is 0 Å². The van der Waals surface area contributed by atoms with E-state index >= 15 is 0 Å². The third-order valence-corrected chi connectivity index (χ3v) is 2.37. The fourth-order valence-corrected chi connectivity index (χ4v) is 1.49. The van der Waals surface area contributed by atoms with Gasteiger partial charge in [0.15, 0.2) is 0 Å². The molecule has 0 radical (unpaired) electrons. The van der Waals surface area contributed by atoms with Crippen LogP contribution in [0.1, 0.15) is 0 Å². The normalized spacial score (nSPS) is 9.75. The average Bonchev–Trinajstić information content (AvgIpc) is 2.26. The molecule has 0 bridgehead atoms. The van der Waals surface area contributed by atoms with Crippen LogP contribution in [0, 0.1) is 0 Å². The van der Waals surface area contributed by atoms with Gasteiger partial charge in [-0.05, 0) is 0 Å². The summed E-state index contributed by atoms with van der Waals surface area (Å²) in [6, 6.07) is 3.43. The number of benzene rings is 1. The summed E-state index contributed by atoms with van der Waals surface area (Å²) in [5, 5.41) is 4.08. The van der Waals surface area contributed by atoms with Gasteiger partial charge in [-0.2, -0.15) is 0 Å². The van der Waals surface area contributed by atoms with Crippen LogP contribution < -0.4 is 14.8 Å². The molecule has 0 saturated carbocycles. The average molecular weight is 262 g/mol. The molecular weight excluding hydrogens is 249 g/mol. The Morgan fingerprint density at radius 2 is 1.94 bits per heavy atom. The van der Waals surface area contributed by atoms with Crippen molar-refractivity contribution in [3.05, 3.63) is 28.8 Å². The zero-order valence-electron chi connectivity index (χ0n) is 9.14. The molecule has 16 heavy (non-hydrogen) atoms. The first-order valence-electron chi connectivity index (χ1n) is 4.57. The molecule has 0 saturated heterocycles. The van der Waals surface area contributed by atoms with Gasteiger partial charge in [0, 0.05) is 17.2 Å². The van der Waals surface area contributed by atoms with Crippen molar-refractivity contribution in [1.82, 2.24) is 0 Å². The van der Waals surface area contributed by atoms with Gasteiger partial charge >= 0.3 is 0 Å². The van der Waals surface area contributed by atoms with Crippen LogP contribution in [0.5, 0.6) is 11.5 Å². The van der Waals surface area contributed by atoms with E-state index in [0.717, 1.165) is 5.69 Å². The Morgan fingerprint density at radius 1 is 1.31 bits per heavy atom. The van der Waals surface area contributed by atoms with Gasteiger partial charge in [0.2, 0.25) is 0 Å². The summed E-state index contributed by atoms with van der Waals surface area (Å²) < 4.78 is 10.3. The number of rotatable bonds is 5. The van der Waals surface area contributed by atoms with Crippen molar-refractivity contribution in [2.24, 2.45) is 0 Å². The molecule has 0 spiro atoms. The summed E-state index contributed by atoms with van der Waals surface area (Å²) in [6.07, 6.45) is 0. The topological polar surface area (TPSA) is 30.5 Å². The maximum absolute atomic E-state index is 5.97. The molecule has 0 unspecified atom stereocenters. The van der Waals surface area contributed by atoms with E-state index in [0.29, 0.717) is 28.1 Å². The molecule has 1 N–H and O–H groups in total. The van der Waals surface area contributed by atoms with E-state index in [1.54, 1.807) is 26.4 Å². The monoisotopic (exact) mass is 261 g/mol. The lowest BCUT2D eigenvalue weighted by atomic mass is 10.2. The molecule has 1 aromatic rings. The van der Waals surface area contributed by atoms with Crippen LogP contribution in [0.3, 0.4) is 0 Å². The summed E-state index contributed by atoms with van der Waals surface area (Å²) >= 11 is 11.6. The second-order valence-electron chi connectivity index (χ2n) is 3.06. The second kappa shape index (κ2) is 5.87. The van der Waals surface area contributed by atoms with Gasteiger partial charge in [-0.1, -0.05) is 29.8 Å². The predicted octanol–water partition coefficient (Wildman–Crippen LogP) is 3.52. The molecule has 1 rings (SSSR count). The molecule has 5 heteroatoms. The minimum Gasteiger partial charge on any atom is -0.495 e. The lowest BCUT2D eigenvalue weighted by molar-refractivity contribution is 0.405. The molecule has 0 aliphatic heterocycles. The molecule has 0 fully saturated rings. The molecule has 0 aliphatic carbocycles. The van der Waals surface area contributed by atoms with E-state index in [-0.39, 0.29) is 0 Å². The van der Waals surface area contributed by atoms with Gasteiger partial charge in [-0.25, -0.2) is 0 Å². The van der Waals surface area contributed by atoms with Crippen molar-refractivity contribution in [3.8, 4) is 11.5 Å². The summed E-state index contributed by atoms with van der Waals surface area (Å²) in [6.45, 7) is 4.04. The summed E-state index contributed by atoms with van der Waals surface area (Å²) in [5.41, 5.74) is 0.755. The first kappa shape index (κ1) is 13.0. The number of hydrogen-bond donors (Lipinski definition) is 1. The zero-order chi connectivity index (χ0) is 12.1. The SMILES string of the molecule is C=C(Cl)CNc1cc(OC)c(Cl)cc1OC. The standard InChI is InChI=1S/C11H13Cl2NO2/c1-7(12)6-14-9-5-10(15-2)8(13)4-11(9)16-3/h4-5,14H,1,6H2,2-3H3. The number of methoxy groups -OCH3 is 2. The zero-order valence-corrected chi connectivity index (χ0v) is 10.7. The van der Waals surface area contributed by atoms with Crippen molar-refractivity contribution in [1.29, 1.82) is 0 Å². The highest BCUT2D eigenvalue weighted by atomic mass is 35.5. The van der Waals surface area contributed by atoms with Gasteiger partial charge < -0.3 is 14.8 Å². The van der Waals surface area contributed by atoms with Crippen LogP contribution in [0.25, 0.3) is 0 Å². The molecule has 0 atom stereocenters. The molecule has 3 nitrogen and oxygen atoms in total. The van der Waals surface area contributed by atoms with E-state index < -0.39 is 0 Å². The van der Waals surface area contributed by atoms with Crippen LogP contribution in [0.15, 0.2) is 23.7 Å². The smallest absolute Gasteiger partial charge is 0.143 e. The Morgan fingerprint density at radius 3 is 2.44 bits per heavy atom. The Labute approximate surface area is 105 Å². The number of hydrogen-bond acceptors (Lipinski definition) is 3. The molecule has 88 valence electrons. The maximum Gasteiger partial charge on any atom is 0.143 e. The molecule has 1 aromatic carbocycles. The summed E-state index contributed by atoms with van der Waals surface area (Å²) in [4.78, 5) is 0. The Kier molecular flexibility index (Phi) is 4.77. The number of anilines is 1. The molecule has 0 aliphatic rings. The van der Waals surface area contributed by atoms with Crippen molar-refractivity contribution in [2.75, 3.05) is 26.1 Å². The number of nitrogens with one attached hydrogen (secondary N) is 1. The predicted molar refractivity (Wildman–Crippen MR) is 68.0 cm³/mol. The van der Waals surface area contributed by atoms with Crippen molar-refractivity contribution < 1.29 is 9.47 Å². The highest BCUT2D eigenvalue weighted by Crippen LogP contribution is 2.35. The number of halogens is 2. The lowest BCUT2D eigenvalue weighted by Gasteiger charge is -2.13. The van der Waals surface area contributed by atoms with E-state index in [9.17, 15) is 0 Å². The largest absolute Gasteiger partial charge is 0.495 e. The van der Waals surface area contributed by atoms with E-state index in [1.165, 1.54) is 0 Å².